The number of hydrogen-bond donors (Lipinski definition) is 1. The molecule has 7 heteroatoms. The lowest BCUT2D eigenvalue weighted by Gasteiger charge is -2.36. The largest absolute Gasteiger partial charge is 0.355 e. The summed E-state index contributed by atoms with van der Waals surface area (Å²) in [6.45, 7) is 10.4. The Kier molecular flexibility index (Phi) is 6.59. The number of nitrogens with zero attached hydrogens (tertiary/aromatic N) is 2. The van der Waals surface area contributed by atoms with Gasteiger partial charge in [0.15, 0.2) is 0 Å². The Morgan fingerprint density at radius 3 is 2.12 bits per heavy atom. The van der Waals surface area contributed by atoms with Crippen LogP contribution in [0.5, 0.6) is 0 Å². The molecule has 1 N–H and O–H groups in total. The Balaban J connectivity index is 2.02. The molecule has 0 saturated carbocycles. The molecule has 0 unspecified atom stereocenters. The number of rotatable bonds is 6. The van der Waals surface area contributed by atoms with Crippen molar-refractivity contribution in [3.8, 4) is 0 Å². The molecule has 0 bridgehead atoms. The van der Waals surface area contributed by atoms with Crippen molar-refractivity contribution in [2.24, 2.45) is 0 Å². The first-order valence-electron chi connectivity index (χ1n) is 8.89. The number of nitrogens with one attached hydrogen (secondary N) is 1. The lowest BCUT2D eigenvalue weighted by Crippen LogP contribution is -2.54. The summed E-state index contributed by atoms with van der Waals surface area (Å²) in [5.74, 6) is 0.360. The second-order valence-corrected chi connectivity index (χ2v) is 8.67. The van der Waals surface area contributed by atoms with E-state index >= 15 is 0 Å². The minimum Gasteiger partial charge on any atom is -0.355 e. The highest BCUT2D eigenvalue weighted by molar-refractivity contribution is 7.89. The smallest absolute Gasteiger partial charge is 0.243 e. The van der Waals surface area contributed by atoms with Gasteiger partial charge >= 0.3 is 0 Å². The van der Waals surface area contributed by atoms with Crippen molar-refractivity contribution in [2.75, 3.05) is 32.7 Å². The number of sulfonamides is 1. The molecular weight excluding hydrogens is 338 g/mol. The SMILES string of the molecule is CCNC(=O)[C@@H](C)N1CCN(S(=O)(=O)c2ccc(C(C)C)cc2)CC1. The van der Waals surface area contributed by atoms with Gasteiger partial charge in [0.2, 0.25) is 15.9 Å². The van der Waals surface area contributed by atoms with Crippen LogP contribution < -0.4 is 5.32 Å². The molecule has 1 heterocycles. The van der Waals surface area contributed by atoms with Crippen molar-refractivity contribution in [1.29, 1.82) is 0 Å². The first-order chi connectivity index (χ1) is 11.8. The predicted octanol–water partition coefficient (Wildman–Crippen LogP) is 1.64. The van der Waals surface area contributed by atoms with E-state index in [9.17, 15) is 13.2 Å². The molecule has 1 atom stereocenters. The minimum atomic E-state index is -3.48. The van der Waals surface area contributed by atoms with Gasteiger partial charge < -0.3 is 5.32 Å². The Morgan fingerprint density at radius 1 is 1.08 bits per heavy atom. The van der Waals surface area contributed by atoms with Gasteiger partial charge in [0.25, 0.3) is 0 Å². The normalized spacial score (nSPS) is 18.3. The highest BCUT2D eigenvalue weighted by Gasteiger charge is 2.31. The molecule has 6 nitrogen and oxygen atoms in total. The van der Waals surface area contributed by atoms with E-state index in [0.717, 1.165) is 5.56 Å². The average Bonchev–Trinajstić information content (AvgIpc) is 2.61. The molecular formula is C18H29N3O3S. The van der Waals surface area contributed by atoms with Crippen molar-refractivity contribution >= 4 is 15.9 Å². The fraction of sp³-hybridized carbons (Fsp3) is 0.611. The van der Waals surface area contributed by atoms with Gasteiger partial charge in [0, 0.05) is 32.7 Å². The lowest BCUT2D eigenvalue weighted by molar-refractivity contribution is -0.126. The Labute approximate surface area is 151 Å². The Bertz CT molecular complexity index is 678. The quantitative estimate of drug-likeness (QED) is 0.830. The number of carbonyl (C=O) groups is 1. The summed E-state index contributed by atoms with van der Waals surface area (Å²) in [4.78, 5) is 14.3. The third kappa shape index (κ3) is 4.59. The zero-order valence-corrected chi connectivity index (χ0v) is 16.3. The summed E-state index contributed by atoms with van der Waals surface area (Å²) in [6.07, 6.45) is 0. The van der Waals surface area contributed by atoms with E-state index in [-0.39, 0.29) is 11.9 Å². The molecule has 140 valence electrons. The summed E-state index contributed by atoms with van der Waals surface area (Å²) < 4.78 is 27.1. The van der Waals surface area contributed by atoms with Crippen LogP contribution in [0.1, 0.15) is 39.2 Å². The van der Waals surface area contributed by atoms with E-state index in [1.165, 1.54) is 4.31 Å². The van der Waals surface area contributed by atoms with Gasteiger partial charge in [-0.25, -0.2) is 8.42 Å². The highest BCUT2D eigenvalue weighted by Crippen LogP contribution is 2.21. The number of carbonyl (C=O) groups excluding carboxylic acids is 1. The zero-order chi connectivity index (χ0) is 18.6. The molecule has 1 aromatic rings. The summed E-state index contributed by atoms with van der Waals surface area (Å²) in [5, 5.41) is 2.81. The number of piperazine rings is 1. The number of benzene rings is 1. The number of hydrogen-bond acceptors (Lipinski definition) is 4. The first kappa shape index (κ1) is 19.9. The maximum atomic E-state index is 12.8. The van der Waals surface area contributed by atoms with Crippen molar-refractivity contribution in [2.45, 2.75) is 44.6 Å². The zero-order valence-electron chi connectivity index (χ0n) is 15.5. The average molecular weight is 368 g/mol. The monoisotopic (exact) mass is 367 g/mol. The van der Waals surface area contributed by atoms with Gasteiger partial charge in [0.05, 0.1) is 10.9 Å². The van der Waals surface area contributed by atoms with Crippen molar-refractivity contribution in [3.05, 3.63) is 29.8 Å². The van der Waals surface area contributed by atoms with Crippen LogP contribution in [0.25, 0.3) is 0 Å². The number of amides is 1. The summed E-state index contributed by atoms with van der Waals surface area (Å²) >= 11 is 0. The maximum absolute atomic E-state index is 12.8. The molecule has 25 heavy (non-hydrogen) atoms. The van der Waals surface area contributed by atoms with Gasteiger partial charge in [-0.1, -0.05) is 26.0 Å². The van der Waals surface area contributed by atoms with Crippen LogP contribution in [0.4, 0.5) is 0 Å². The van der Waals surface area contributed by atoms with Gasteiger partial charge in [0.1, 0.15) is 0 Å². The molecule has 0 aromatic heterocycles. The maximum Gasteiger partial charge on any atom is 0.243 e. The molecule has 0 spiro atoms. The van der Waals surface area contributed by atoms with Crippen LogP contribution in [-0.2, 0) is 14.8 Å². The fourth-order valence-electron chi connectivity index (χ4n) is 2.99. The molecule has 1 fully saturated rings. The molecule has 2 rings (SSSR count). The van der Waals surface area contributed by atoms with Crippen LogP contribution in [0.15, 0.2) is 29.2 Å². The number of likely N-dealkylation sites (N-methyl/N-ethyl adjacent to an activating group) is 1. The third-order valence-corrected chi connectivity index (χ3v) is 6.65. The molecule has 1 aromatic carbocycles. The second-order valence-electron chi connectivity index (χ2n) is 6.73. The van der Waals surface area contributed by atoms with Gasteiger partial charge in [-0.05, 0) is 37.5 Å². The molecule has 1 aliphatic heterocycles. The Morgan fingerprint density at radius 2 is 1.64 bits per heavy atom. The van der Waals surface area contributed by atoms with Gasteiger partial charge in [-0.3, -0.25) is 9.69 Å². The van der Waals surface area contributed by atoms with E-state index in [2.05, 4.69) is 19.2 Å². The second kappa shape index (κ2) is 8.29. The Hall–Kier alpha value is -1.44. The van der Waals surface area contributed by atoms with Crippen LogP contribution in [-0.4, -0.2) is 62.3 Å². The third-order valence-electron chi connectivity index (χ3n) is 4.74. The van der Waals surface area contributed by atoms with E-state index in [1.807, 2.05) is 30.9 Å². The van der Waals surface area contributed by atoms with E-state index in [0.29, 0.717) is 43.5 Å². The lowest BCUT2D eigenvalue weighted by atomic mass is 10.0. The molecule has 1 amide bonds. The topological polar surface area (TPSA) is 69.7 Å². The molecule has 1 saturated heterocycles. The summed E-state index contributed by atoms with van der Waals surface area (Å²) in [5.41, 5.74) is 1.12. The van der Waals surface area contributed by atoms with Crippen molar-refractivity contribution < 1.29 is 13.2 Å². The first-order valence-corrected chi connectivity index (χ1v) is 10.3. The standard InChI is InChI=1S/C18H29N3O3S/c1-5-19-18(22)15(4)20-10-12-21(13-11-20)25(23,24)17-8-6-16(7-9-17)14(2)3/h6-9,14-15H,5,10-13H2,1-4H3,(H,19,22)/t15-/m1/s1. The van der Waals surface area contributed by atoms with E-state index in [4.69, 9.17) is 0 Å². The summed E-state index contributed by atoms with van der Waals surface area (Å²) in [6, 6.07) is 6.90. The van der Waals surface area contributed by atoms with Gasteiger partial charge in [-0.15, -0.1) is 0 Å². The molecule has 0 aliphatic carbocycles. The van der Waals surface area contributed by atoms with Crippen LogP contribution in [0.2, 0.25) is 0 Å². The van der Waals surface area contributed by atoms with Gasteiger partial charge in [-0.2, -0.15) is 4.31 Å². The fourth-order valence-corrected chi connectivity index (χ4v) is 4.41. The highest BCUT2D eigenvalue weighted by atomic mass is 32.2. The predicted molar refractivity (Wildman–Crippen MR) is 99.0 cm³/mol. The van der Waals surface area contributed by atoms with Crippen molar-refractivity contribution in [3.63, 3.8) is 0 Å². The van der Waals surface area contributed by atoms with Crippen LogP contribution >= 0.6 is 0 Å². The summed E-state index contributed by atoms with van der Waals surface area (Å²) in [7, 11) is -3.48. The van der Waals surface area contributed by atoms with Crippen LogP contribution in [0, 0.1) is 0 Å². The van der Waals surface area contributed by atoms with Crippen molar-refractivity contribution in [1.82, 2.24) is 14.5 Å². The van der Waals surface area contributed by atoms with Crippen LogP contribution in [0.3, 0.4) is 0 Å². The minimum absolute atomic E-state index is 0.0110. The van der Waals surface area contributed by atoms with E-state index < -0.39 is 10.0 Å². The molecule has 1 aliphatic rings. The molecule has 0 radical (unpaired) electrons. The van der Waals surface area contributed by atoms with E-state index in [1.54, 1.807) is 12.1 Å².